The number of aliphatic hydroxyl groups excluding tert-OH is 1. The smallest absolute Gasteiger partial charge is 0.335 e. The molecule has 1 heterocycles. The molecule has 3 aromatic rings. The van der Waals surface area contributed by atoms with E-state index in [1.807, 2.05) is 31.2 Å². The summed E-state index contributed by atoms with van der Waals surface area (Å²) >= 11 is 0. The van der Waals surface area contributed by atoms with Gasteiger partial charge in [-0.2, -0.15) is 0 Å². The van der Waals surface area contributed by atoms with Crippen LogP contribution < -0.4 is 4.74 Å². The number of aryl methyl sites for hydroxylation is 1. The lowest BCUT2D eigenvalue weighted by atomic mass is 9.92. The molecule has 0 fully saturated rings. The van der Waals surface area contributed by atoms with Crippen LogP contribution >= 0.6 is 0 Å². The molecule has 1 atom stereocenters. The first-order valence-electron chi connectivity index (χ1n) is 10.2. The van der Waals surface area contributed by atoms with Crippen molar-refractivity contribution in [2.24, 2.45) is 0 Å². The van der Waals surface area contributed by atoms with Crippen molar-refractivity contribution in [1.82, 2.24) is 4.90 Å². The van der Waals surface area contributed by atoms with Gasteiger partial charge in [-0.3, -0.25) is 4.79 Å². The van der Waals surface area contributed by atoms with E-state index < -0.39 is 17.9 Å². The fourth-order valence-electron chi connectivity index (χ4n) is 3.93. The number of carbonyl (C=O) groups excluding carboxylic acids is 1. The molecule has 0 saturated carbocycles. The zero-order chi connectivity index (χ0) is 22.8. The lowest BCUT2D eigenvalue weighted by Gasteiger charge is -2.27. The fraction of sp³-hybridized carbons (Fsp3) is 0.154. The van der Waals surface area contributed by atoms with E-state index in [-0.39, 0.29) is 11.3 Å². The van der Waals surface area contributed by atoms with Gasteiger partial charge in [-0.25, -0.2) is 4.79 Å². The number of hydrogen-bond donors (Lipinski definition) is 2. The van der Waals surface area contributed by atoms with Crippen LogP contribution in [0.4, 0.5) is 0 Å². The molecule has 0 saturated heterocycles. The number of nitrogens with zero attached hydrogens (tertiary/aromatic N) is 1. The van der Waals surface area contributed by atoms with Gasteiger partial charge in [0.05, 0.1) is 18.7 Å². The van der Waals surface area contributed by atoms with E-state index in [0.717, 1.165) is 11.1 Å². The third-order valence-corrected chi connectivity index (χ3v) is 5.65. The van der Waals surface area contributed by atoms with Gasteiger partial charge in [0.1, 0.15) is 5.75 Å². The number of aliphatic hydroxyl groups is 1. The highest BCUT2D eigenvalue weighted by Gasteiger charge is 2.41. The Kier molecular flexibility index (Phi) is 5.69. The number of carboxylic acids is 1. The summed E-state index contributed by atoms with van der Waals surface area (Å²) in [5, 5.41) is 20.1. The normalized spacial score (nSPS) is 15.9. The minimum atomic E-state index is -1.02. The van der Waals surface area contributed by atoms with Crippen LogP contribution in [0.1, 0.15) is 38.7 Å². The van der Waals surface area contributed by atoms with E-state index in [2.05, 4.69) is 0 Å². The van der Waals surface area contributed by atoms with Crippen LogP contribution in [0.5, 0.6) is 5.75 Å². The van der Waals surface area contributed by atoms with Crippen molar-refractivity contribution in [3.63, 3.8) is 0 Å². The number of carboxylic acid groups (broad SMARTS) is 1. The number of benzene rings is 3. The molecule has 0 aromatic heterocycles. The zero-order valence-electron chi connectivity index (χ0n) is 17.8. The average Bonchev–Trinajstić information content (AvgIpc) is 3.05. The Bertz CT molecular complexity index is 1180. The molecule has 0 aliphatic carbocycles. The Morgan fingerprint density at radius 2 is 1.59 bits per heavy atom. The largest absolute Gasteiger partial charge is 0.503 e. The molecule has 4 rings (SSSR count). The number of aromatic carboxylic acids is 1. The van der Waals surface area contributed by atoms with E-state index >= 15 is 0 Å². The van der Waals surface area contributed by atoms with Crippen molar-refractivity contribution in [2.75, 3.05) is 7.11 Å². The molecule has 162 valence electrons. The number of amides is 1. The maximum absolute atomic E-state index is 13.1. The zero-order valence-corrected chi connectivity index (χ0v) is 17.8. The minimum Gasteiger partial charge on any atom is -0.503 e. The molecule has 2 N–H and O–H groups in total. The molecule has 0 spiro atoms. The lowest BCUT2D eigenvalue weighted by Crippen LogP contribution is -2.29. The van der Waals surface area contributed by atoms with Crippen LogP contribution in [0.3, 0.4) is 0 Å². The summed E-state index contributed by atoms with van der Waals surface area (Å²) in [6, 6.07) is 20.8. The summed E-state index contributed by atoms with van der Waals surface area (Å²) in [6.45, 7) is 2.29. The Hall–Kier alpha value is -4.06. The SMILES string of the molecule is COc1ccc(C2=C(O)C(=O)N(Cc3ccc(C)cc3)[C@H]2c2ccc(C(=O)O)cc2)cc1. The molecule has 1 amide bonds. The van der Waals surface area contributed by atoms with Gasteiger partial charge < -0.3 is 19.8 Å². The molecule has 32 heavy (non-hydrogen) atoms. The summed E-state index contributed by atoms with van der Waals surface area (Å²) in [4.78, 5) is 26.0. The molecule has 0 radical (unpaired) electrons. The number of ether oxygens (including phenoxy) is 1. The van der Waals surface area contributed by atoms with Gasteiger partial charge in [-0.05, 0) is 47.9 Å². The quantitative estimate of drug-likeness (QED) is 0.590. The van der Waals surface area contributed by atoms with Crippen molar-refractivity contribution in [3.05, 3.63) is 106 Å². The van der Waals surface area contributed by atoms with Crippen LogP contribution in [0, 0.1) is 6.92 Å². The number of carbonyl (C=O) groups is 2. The first kappa shape index (κ1) is 21.2. The first-order chi connectivity index (χ1) is 15.4. The van der Waals surface area contributed by atoms with Gasteiger partial charge in [0.2, 0.25) is 0 Å². The fourth-order valence-corrected chi connectivity index (χ4v) is 3.93. The van der Waals surface area contributed by atoms with Crippen molar-refractivity contribution < 1.29 is 24.5 Å². The van der Waals surface area contributed by atoms with Crippen LogP contribution in [-0.4, -0.2) is 34.1 Å². The maximum Gasteiger partial charge on any atom is 0.335 e. The summed E-state index contributed by atoms with van der Waals surface area (Å²) in [5.41, 5.74) is 4.08. The summed E-state index contributed by atoms with van der Waals surface area (Å²) in [7, 11) is 1.57. The molecular formula is C26H23NO5. The molecule has 6 heteroatoms. The van der Waals surface area contributed by atoms with E-state index in [4.69, 9.17) is 4.74 Å². The van der Waals surface area contributed by atoms with Crippen LogP contribution in [-0.2, 0) is 11.3 Å². The molecule has 1 aliphatic rings. The number of rotatable bonds is 6. The Morgan fingerprint density at radius 3 is 2.16 bits per heavy atom. The molecule has 1 aliphatic heterocycles. The van der Waals surface area contributed by atoms with Crippen LogP contribution in [0.15, 0.2) is 78.6 Å². The predicted octanol–water partition coefficient (Wildman–Crippen LogP) is 4.75. The van der Waals surface area contributed by atoms with E-state index in [1.165, 1.54) is 12.1 Å². The van der Waals surface area contributed by atoms with E-state index in [9.17, 15) is 19.8 Å². The first-order valence-corrected chi connectivity index (χ1v) is 10.2. The van der Waals surface area contributed by atoms with Gasteiger partial charge in [0, 0.05) is 12.1 Å². The highest BCUT2D eigenvalue weighted by Crippen LogP contribution is 2.44. The monoisotopic (exact) mass is 429 g/mol. The molecule has 0 bridgehead atoms. The van der Waals surface area contributed by atoms with Crippen LogP contribution in [0.2, 0.25) is 0 Å². The third-order valence-electron chi connectivity index (χ3n) is 5.65. The topological polar surface area (TPSA) is 87.1 Å². The third kappa shape index (κ3) is 3.95. The summed E-state index contributed by atoms with van der Waals surface area (Å²) in [6.07, 6.45) is 0. The van der Waals surface area contributed by atoms with Gasteiger partial charge in [-0.15, -0.1) is 0 Å². The molecule has 3 aromatic carbocycles. The summed E-state index contributed by atoms with van der Waals surface area (Å²) in [5.74, 6) is -1.14. The maximum atomic E-state index is 13.1. The van der Waals surface area contributed by atoms with Crippen molar-refractivity contribution in [2.45, 2.75) is 19.5 Å². The second kappa shape index (κ2) is 8.59. The number of methoxy groups -OCH3 is 1. The Morgan fingerprint density at radius 1 is 0.969 bits per heavy atom. The second-order valence-electron chi connectivity index (χ2n) is 7.74. The Balaban J connectivity index is 1.79. The average molecular weight is 429 g/mol. The second-order valence-corrected chi connectivity index (χ2v) is 7.74. The molecule has 6 nitrogen and oxygen atoms in total. The summed E-state index contributed by atoms with van der Waals surface area (Å²) < 4.78 is 5.23. The van der Waals surface area contributed by atoms with Crippen molar-refractivity contribution in [3.8, 4) is 5.75 Å². The van der Waals surface area contributed by atoms with Crippen molar-refractivity contribution in [1.29, 1.82) is 0 Å². The van der Waals surface area contributed by atoms with Gasteiger partial charge in [0.25, 0.3) is 5.91 Å². The highest BCUT2D eigenvalue weighted by atomic mass is 16.5. The minimum absolute atomic E-state index is 0.155. The van der Waals surface area contributed by atoms with Gasteiger partial charge in [0.15, 0.2) is 5.76 Å². The standard InChI is InChI=1S/C26H23NO5/c1-16-3-5-17(6-4-16)15-27-23(19-7-9-20(10-8-19)26(30)31)22(24(28)25(27)29)18-11-13-21(32-2)14-12-18/h3-14,23,28H,15H2,1-2H3,(H,30,31)/t23-/m0/s1. The predicted molar refractivity (Wildman–Crippen MR) is 120 cm³/mol. The Labute approximate surface area is 186 Å². The van der Waals surface area contributed by atoms with E-state index in [1.54, 1.807) is 48.4 Å². The van der Waals surface area contributed by atoms with E-state index in [0.29, 0.717) is 29.0 Å². The highest BCUT2D eigenvalue weighted by molar-refractivity contribution is 6.05. The number of hydrogen-bond acceptors (Lipinski definition) is 4. The van der Waals surface area contributed by atoms with Crippen molar-refractivity contribution >= 4 is 17.4 Å². The lowest BCUT2D eigenvalue weighted by molar-refractivity contribution is -0.130. The molecule has 0 unspecified atom stereocenters. The van der Waals surface area contributed by atoms with Gasteiger partial charge >= 0.3 is 5.97 Å². The van der Waals surface area contributed by atoms with Gasteiger partial charge in [-0.1, -0.05) is 54.1 Å². The van der Waals surface area contributed by atoms with Crippen LogP contribution in [0.25, 0.3) is 5.57 Å². The molecular weight excluding hydrogens is 406 g/mol.